The van der Waals surface area contributed by atoms with E-state index in [-0.39, 0.29) is 0 Å². The first-order valence-electron chi connectivity index (χ1n) is 6.08. The molecule has 1 aliphatic carbocycles. The zero-order chi connectivity index (χ0) is 16.1. The normalized spacial score (nSPS) is 20.1. The van der Waals surface area contributed by atoms with Crippen molar-refractivity contribution in [3.05, 3.63) is 25.8 Å². The van der Waals surface area contributed by atoms with Crippen molar-refractivity contribution in [2.24, 2.45) is 11.8 Å². The van der Waals surface area contributed by atoms with Gasteiger partial charge in [-0.1, -0.05) is 13.0 Å². The molecule has 1 fully saturated rings. The fourth-order valence-corrected chi connectivity index (χ4v) is 1.72. The summed E-state index contributed by atoms with van der Waals surface area (Å²) < 4.78 is 4.14. The molecule has 0 aromatic carbocycles. The SMILES string of the molecule is C=C.C=CC(=O)OC.O=C(O)C1CCCC(C(=O)O)C1. The third-order valence-electron chi connectivity index (χ3n) is 2.74. The first kappa shape index (κ1) is 20.2. The smallest absolute Gasteiger partial charge is 0.329 e. The van der Waals surface area contributed by atoms with Crippen LogP contribution in [0.3, 0.4) is 0 Å². The van der Waals surface area contributed by atoms with Crippen molar-refractivity contribution in [1.82, 2.24) is 0 Å². The maximum atomic E-state index is 10.5. The van der Waals surface area contributed by atoms with Crippen molar-refractivity contribution >= 4 is 17.9 Å². The van der Waals surface area contributed by atoms with Gasteiger partial charge in [-0.2, -0.15) is 0 Å². The van der Waals surface area contributed by atoms with Gasteiger partial charge in [0.05, 0.1) is 18.9 Å². The van der Waals surface area contributed by atoms with Crippen LogP contribution in [0, 0.1) is 11.8 Å². The highest BCUT2D eigenvalue weighted by molar-refractivity contribution is 5.80. The fraction of sp³-hybridized carbons (Fsp3) is 0.500. The number of hydrogen-bond acceptors (Lipinski definition) is 4. The van der Waals surface area contributed by atoms with E-state index >= 15 is 0 Å². The molecule has 0 heterocycles. The Morgan fingerprint density at radius 1 is 1.10 bits per heavy atom. The van der Waals surface area contributed by atoms with Crippen LogP contribution < -0.4 is 0 Å². The second-order valence-electron chi connectivity index (χ2n) is 3.96. The average Bonchev–Trinajstić information content (AvgIpc) is 2.49. The van der Waals surface area contributed by atoms with Crippen LogP contribution in [-0.2, 0) is 19.1 Å². The van der Waals surface area contributed by atoms with Crippen LogP contribution in [0.2, 0.25) is 0 Å². The van der Waals surface area contributed by atoms with Crippen LogP contribution in [0.4, 0.5) is 0 Å². The lowest BCUT2D eigenvalue weighted by Crippen LogP contribution is -2.26. The molecule has 0 saturated heterocycles. The molecule has 0 aromatic heterocycles. The van der Waals surface area contributed by atoms with Crippen molar-refractivity contribution < 1.29 is 29.3 Å². The Labute approximate surface area is 118 Å². The Morgan fingerprint density at radius 2 is 1.50 bits per heavy atom. The van der Waals surface area contributed by atoms with E-state index in [4.69, 9.17) is 10.2 Å². The average molecular weight is 286 g/mol. The minimum atomic E-state index is -0.860. The molecule has 0 aromatic rings. The summed E-state index contributed by atoms with van der Waals surface area (Å²) in [5.41, 5.74) is 0. The Kier molecular flexibility index (Phi) is 12.1. The van der Waals surface area contributed by atoms with E-state index in [1.807, 2.05) is 0 Å². The molecule has 0 spiro atoms. The molecule has 0 aliphatic heterocycles. The number of aliphatic carboxylic acids is 2. The summed E-state index contributed by atoms with van der Waals surface area (Å²) in [6, 6.07) is 0. The molecule has 2 atom stereocenters. The topological polar surface area (TPSA) is 101 Å². The number of carbonyl (C=O) groups excluding carboxylic acids is 1. The van der Waals surface area contributed by atoms with E-state index in [0.29, 0.717) is 25.7 Å². The van der Waals surface area contributed by atoms with Crippen LogP contribution in [0.5, 0.6) is 0 Å². The number of methoxy groups -OCH3 is 1. The summed E-state index contributed by atoms with van der Waals surface area (Å²) in [7, 11) is 1.31. The lowest BCUT2D eigenvalue weighted by atomic mass is 9.81. The molecule has 0 radical (unpaired) electrons. The van der Waals surface area contributed by atoms with Gasteiger partial charge in [-0.15, -0.1) is 13.2 Å². The lowest BCUT2D eigenvalue weighted by molar-refractivity contribution is -0.147. The van der Waals surface area contributed by atoms with Gasteiger partial charge in [-0.25, -0.2) is 4.79 Å². The highest BCUT2D eigenvalue weighted by Crippen LogP contribution is 2.29. The van der Waals surface area contributed by atoms with E-state index in [1.165, 1.54) is 7.11 Å². The number of ether oxygens (including phenoxy) is 1. The third-order valence-corrected chi connectivity index (χ3v) is 2.74. The van der Waals surface area contributed by atoms with Gasteiger partial charge >= 0.3 is 17.9 Å². The minimum absolute atomic E-state index is 0.296. The molecule has 6 nitrogen and oxygen atoms in total. The summed E-state index contributed by atoms with van der Waals surface area (Å²) in [5.74, 6) is -3.00. The molecule has 6 heteroatoms. The van der Waals surface area contributed by atoms with Gasteiger partial charge in [0.2, 0.25) is 0 Å². The number of carboxylic acids is 2. The highest BCUT2D eigenvalue weighted by Gasteiger charge is 2.30. The Hall–Kier alpha value is -2.11. The van der Waals surface area contributed by atoms with Crippen LogP contribution in [0.25, 0.3) is 0 Å². The van der Waals surface area contributed by atoms with E-state index < -0.39 is 29.7 Å². The zero-order valence-electron chi connectivity index (χ0n) is 11.7. The lowest BCUT2D eigenvalue weighted by Gasteiger charge is -2.23. The van der Waals surface area contributed by atoms with Crippen molar-refractivity contribution in [2.45, 2.75) is 25.7 Å². The summed E-state index contributed by atoms with van der Waals surface area (Å²) >= 11 is 0. The third kappa shape index (κ3) is 8.91. The van der Waals surface area contributed by atoms with Crippen LogP contribution in [0.1, 0.15) is 25.7 Å². The predicted octanol–water partition coefficient (Wildman–Crippen LogP) is 2.11. The zero-order valence-corrected chi connectivity index (χ0v) is 11.7. The summed E-state index contributed by atoms with van der Waals surface area (Å²) in [5, 5.41) is 17.3. The Bertz CT molecular complexity index is 317. The molecule has 1 rings (SSSR count). The van der Waals surface area contributed by atoms with Gasteiger partial charge in [0.15, 0.2) is 0 Å². The van der Waals surface area contributed by atoms with Crippen LogP contribution in [0.15, 0.2) is 25.8 Å². The molecular formula is C14H22O6. The van der Waals surface area contributed by atoms with Crippen LogP contribution in [-0.4, -0.2) is 35.2 Å². The minimum Gasteiger partial charge on any atom is -0.481 e. The van der Waals surface area contributed by atoms with Gasteiger partial charge in [-0.3, -0.25) is 9.59 Å². The van der Waals surface area contributed by atoms with Gasteiger partial charge in [0, 0.05) is 6.08 Å². The fourth-order valence-electron chi connectivity index (χ4n) is 1.72. The number of esters is 1. The summed E-state index contributed by atoms with van der Waals surface area (Å²) in [6.45, 7) is 9.16. The second kappa shape index (κ2) is 12.0. The monoisotopic (exact) mass is 286 g/mol. The second-order valence-corrected chi connectivity index (χ2v) is 3.96. The molecule has 1 aliphatic rings. The Morgan fingerprint density at radius 3 is 1.70 bits per heavy atom. The highest BCUT2D eigenvalue weighted by atomic mass is 16.5. The molecule has 1 saturated carbocycles. The first-order chi connectivity index (χ1) is 9.42. The van der Waals surface area contributed by atoms with E-state index in [1.54, 1.807) is 0 Å². The Balaban J connectivity index is 0. The summed E-state index contributed by atoms with van der Waals surface area (Å²) in [4.78, 5) is 30.9. The first-order valence-corrected chi connectivity index (χ1v) is 6.08. The van der Waals surface area contributed by atoms with E-state index in [2.05, 4.69) is 24.5 Å². The van der Waals surface area contributed by atoms with E-state index in [0.717, 1.165) is 6.08 Å². The summed E-state index contributed by atoms with van der Waals surface area (Å²) in [6.07, 6.45) is 3.37. The predicted molar refractivity (Wildman–Crippen MR) is 74.2 cm³/mol. The van der Waals surface area contributed by atoms with Crippen molar-refractivity contribution in [2.75, 3.05) is 7.11 Å². The number of rotatable bonds is 3. The maximum absolute atomic E-state index is 10.5. The standard InChI is InChI=1S/C8H12O4.C4H6O2.C2H4/c9-7(10)5-2-1-3-6(4-5)8(11)12;1-3-4(5)6-2;1-2/h5-6H,1-4H2,(H,9,10)(H,11,12);3H,1H2,2H3;1-2H2. The van der Waals surface area contributed by atoms with Gasteiger partial charge in [-0.05, 0) is 19.3 Å². The van der Waals surface area contributed by atoms with Gasteiger partial charge < -0.3 is 14.9 Å². The molecule has 20 heavy (non-hydrogen) atoms. The quantitative estimate of drug-likeness (QED) is 0.468. The number of carbonyl (C=O) groups is 3. The van der Waals surface area contributed by atoms with Crippen molar-refractivity contribution in [1.29, 1.82) is 0 Å². The molecule has 0 amide bonds. The van der Waals surface area contributed by atoms with Crippen molar-refractivity contribution in [3.63, 3.8) is 0 Å². The molecule has 2 unspecified atom stereocenters. The maximum Gasteiger partial charge on any atom is 0.329 e. The van der Waals surface area contributed by atoms with Crippen LogP contribution >= 0.6 is 0 Å². The largest absolute Gasteiger partial charge is 0.481 e. The molecule has 114 valence electrons. The van der Waals surface area contributed by atoms with Crippen molar-refractivity contribution in [3.8, 4) is 0 Å². The number of carboxylic acid groups (broad SMARTS) is 2. The molecule has 2 N–H and O–H groups in total. The van der Waals surface area contributed by atoms with Gasteiger partial charge in [0.25, 0.3) is 0 Å². The number of hydrogen-bond donors (Lipinski definition) is 2. The van der Waals surface area contributed by atoms with E-state index in [9.17, 15) is 14.4 Å². The molecular weight excluding hydrogens is 264 g/mol. The molecule has 0 bridgehead atoms. The van der Waals surface area contributed by atoms with Gasteiger partial charge in [0.1, 0.15) is 0 Å².